The average molecular weight is 575 g/mol. The molecule has 1 N–H and O–H groups in total. The molecule has 13 heteroatoms. The smallest absolute Gasteiger partial charge is 0.417 e. The largest absolute Gasteiger partial charge is 0.530 e. The summed E-state index contributed by atoms with van der Waals surface area (Å²) in [5, 5.41) is 24.2. The van der Waals surface area contributed by atoms with Gasteiger partial charge in [-0.2, -0.15) is 18.4 Å². The van der Waals surface area contributed by atoms with Crippen molar-refractivity contribution in [2.45, 2.75) is 19.6 Å². The second kappa shape index (κ2) is 11.2. The Hall–Kier alpha value is -4.70. The molecule has 1 amide bonds. The van der Waals surface area contributed by atoms with Gasteiger partial charge < -0.3 is 24.5 Å². The second-order valence-electron chi connectivity index (χ2n) is 8.31. The summed E-state index contributed by atoms with van der Waals surface area (Å²) in [4.78, 5) is 24.4. The van der Waals surface area contributed by atoms with Crippen LogP contribution in [-0.2, 0) is 12.7 Å². The van der Waals surface area contributed by atoms with E-state index in [-0.39, 0.29) is 34.2 Å². The molecule has 0 spiro atoms. The van der Waals surface area contributed by atoms with Gasteiger partial charge in [-0.05, 0) is 53.8 Å². The van der Waals surface area contributed by atoms with Crippen molar-refractivity contribution in [3.8, 4) is 33.5 Å². The third-order valence-electron chi connectivity index (χ3n) is 5.76. The molecule has 0 fully saturated rings. The maximum atomic E-state index is 14.4. The fraction of sp³-hybridized carbons (Fsp3) is 0.148. The van der Waals surface area contributed by atoms with Crippen molar-refractivity contribution in [2.24, 2.45) is 0 Å². The van der Waals surface area contributed by atoms with Crippen molar-refractivity contribution >= 4 is 23.1 Å². The molecule has 0 saturated heterocycles. The number of amides is 1. The van der Waals surface area contributed by atoms with Crippen molar-refractivity contribution in [1.82, 2.24) is 4.57 Å². The van der Waals surface area contributed by atoms with E-state index >= 15 is 0 Å². The van der Waals surface area contributed by atoms with Gasteiger partial charge in [-0.15, -0.1) is 11.3 Å². The summed E-state index contributed by atoms with van der Waals surface area (Å²) in [6.07, 6.45) is -6.63. The Labute approximate surface area is 227 Å². The Bertz CT molecular complexity index is 1710. The van der Waals surface area contributed by atoms with E-state index in [9.17, 15) is 41.9 Å². The van der Waals surface area contributed by atoms with Gasteiger partial charge in [0.2, 0.25) is 0 Å². The first kappa shape index (κ1) is 28.3. The van der Waals surface area contributed by atoms with Gasteiger partial charge in [-0.3, -0.25) is 4.79 Å². The Morgan fingerprint density at radius 3 is 2.50 bits per heavy atom. The highest BCUT2D eigenvalue weighted by atomic mass is 32.1. The van der Waals surface area contributed by atoms with Crippen LogP contribution >= 0.6 is 11.3 Å². The Morgan fingerprint density at radius 2 is 1.88 bits per heavy atom. The van der Waals surface area contributed by atoms with E-state index in [2.05, 4.69) is 5.32 Å². The fourth-order valence-electron chi connectivity index (χ4n) is 3.98. The van der Waals surface area contributed by atoms with Gasteiger partial charge in [0.1, 0.15) is 35.1 Å². The number of aromatic nitrogens is 1. The predicted octanol–water partition coefficient (Wildman–Crippen LogP) is 5.61. The van der Waals surface area contributed by atoms with Crippen molar-refractivity contribution in [3.05, 3.63) is 92.6 Å². The number of benzene rings is 2. The zero-order chi connectivity index (χ0) is 29.2. The lowest BCUT2D eigenvalue weighted by Gasteiger charge is -2.17. The number of rotatable bonds is 7. The molecular weight excluding hydrogens is 557 g/mol. The van der Waals surface area contributed by atoms with E-state index in [4.69, 9.17) is 4.74 Å². The molecule has 0 saturated carbocycles. The maximum Gasteiger partial charge on any atom is 0.417 e. The van der Waals surface area contributed by atoms with Gasteiger partial charge in [0.05, 0.1) is 35.0 Å². The summed E-state index contributed by atoms with van der Waals surface area (Å²) in [6.45, 7) is 1.37. The van der Waals surface area contributed by atoms with Gasteiger partial charge in [0, 0.05) is 11.6 Å². The first-order valence-corrected chi connectivity index (χ1v) is 12.3. The Morgan fingerprint density at radius 1 is 1.12 bits per heavy atom. The van der Waals surface area contributed by atoms with E-state index in [1.807, 2.05) is 0 Å². The van der Waals surface area contributed by atoms with Crippen molar-refractivity contribution in [2.75, 3.05) is 11.9 Å². The van der Waals surface area contributed by atoms with Gasteiger partial charge in [0.25, 0.3) is 5.56 Å². The lowest BCUT2D eigenvalue weighted by Crippen LogP contribution is -2.29. The van der Waals surface area contributed by atoms with Gasteiger partial charge in [-0.1, -0.05) is 12.1 Å². The quantitative estimate of drug-likeness (QED) is 0.289. The fourth-order valence-corrected chi connectivity index (χ4v) is 4.92. The molecule has 4 rings (SSSR count). The number of carbonyl (C=O) groups is 1. The number of nitriles is 1. The van der Waals surface area contributed by atoms with Crippen molar-refractivity contribution in [3.63, 3.8) is 0 Å². The van der Waals surface area contributed by atoms with Crippen molar-refractivity contribution < 1.29 is 36.6 Å². The number of pyridine rings is 1. The molecule has 4 aromatic rings. The van der Waals surface area contributed by atoms with Crippen LogP contribution in [0.1, 0.15) is 23.6 Å². The lowest BCUT2D eigenvalue weighted by atomic mass is 10.0. The molecule has 0 aliphatic rings. The summed E-state index contributed by atoms with van der Waals surface area (Å²) >= 11 is 0.961. The van der Waals surface area contributed by atoms with E-state index < -0.39 is 47.1 Å². The Kier molecular flexibility index (Phi) is 7.92. The number of anilines is 1. The van der Waals surface area contributed by atoms with Crippen LogP contribution in [0.15, 0.2) is 58.7 Å². The Balaban J connectivity index is 1.89. The number of carboxylic acid groups (broad SMARTS) is 1. The number of alkyl halides is 3. The van der Waals surface area contributed by atoms with Gasteiger partial charge >= 0.3 is 6.18 Å². The number of ether oxygens (including phenoxy) is 1. The monoisotopic (exact) mass is 574 g/mol. The molecule has 0 aliphatic carbocycles. The molecule has 206 valence electrons. The molecule has 2 aromatic heterocycles. The van der Waals surface area contributed by atoms with Crippen LogP contribution in [0, 0.1) is 23.0 Å². The second-order valence-corrected chi connectivity index (χ2v) is 9.22. The number of thiophene rings is 1. The number of carbonyl (C=O) groups excluding carboxylic acids is 1. The summed E-state index contributed by atoms with van der Waals surface area (Å²) in [5.74, 6) is -1.68. The number of hydrogen-bond acceptors (Lipinski definition) is 6. The molecule has 2 heterocycles. The van der Waals surface area contributed by atoms with E-state index in [0.29, 0.717) is 23.3 Å². The topological polar surface area (TPSA) is 107 Å². The van der Waals surface area contributed by atoms with Crippen LogP contribution in [-0.4, -0.2) is 17.3 Å². The highest BCUT2D eigenvalue weighted by Gasteiger charge is 2.37. The van der Waals surface area contributed by atoms with Crippen molar-refractivity contribution in [1.29, 1.82) is 5.26 Å². The minimum Gasteiger partial charge on any atom is -0.530 e. The predicted molar refractivity (Wildman–Crippen MR) is 135 cm³/mol. The first-order valence-electron chi connectivity index (χ1n) is 11.5. The molecule has 0 atom stereocenters. The van der Waals surface area contributed by atoms with Crippen LogP contribution < -0.4 is 20.7 Å². The SMILES string of the molecule is CCOc1ccc(-c2csc(-c3cc(C(F)(F)F)c(C#N)c(=O)n3Cc3ccc(F)cc3F)c2)cc1NC(=O)[O-]. The van der Waals surface area contributed by atoms with E-state index in [1.165, 1.54) is 24.3 Å². The highest BCUT2D eigenvalue weighted by molar-refractivity contribution is 7.14. The number of nitrogens with zero attached hydrogens (tertiary/aromatic N) is 2. The van der Waals surface area contributed by atoms with Crippen LogP contribution in [0.5, 0.6) is 5.75 Å². The third-order valence-corrected chi connectivity index (χ3v) is 6.72. The summed E-state index contributed by atoms with van der Waals surface area (Å²) in [6, 6.07) is 10.5. The zero-order valence-corrected chi connectivity index (χ0v) is 21.3. The van der Waals surface area contributed by atoms with Crippen LogP contribution in [0.4, 0.5) is 32.4 Å². The van der Waals surface area contributed by atoms with Gasteiger partial charge in [-0.25, -0.2) is 8.78 Å². The molecule has 40 heavy (non-hydrogen) atoms. The maximum absolute atomic E-state index is 14.4. The molecular formula is C27H17F5N3O4S-. The molecule has 7 nitrogen and oxygen atoms in total. The highest BCUT2D eigenvalue weighted by Crippen LogP contribution is 2.39. The van der Waals surface area contributed by atoms with Crippen LogP contribution in [0.2, 0.25) is 0 Å². The standard InChI is InChI=1S/C27H18F5N3O4S/c1-2-39-23-6-4-14(7-21(23)34-26(37)38)16-8-24(40-13-16)22-10-19(27(30,31)32)18(11-33)25(36)35(22)12-15-3-5-17(28)9-20(15)29/h3-10,13,34H,2,12H2,1H3,(H,37,38)/p-1. The average Bonchev–Trinajstić information content (AvgIpc) is 3.36. The number of nitrogens with one attached hydrogen (secondary N) is 1. The summed E-state index contributed by atoms with van der Waals surface area (Å²) in [5.41, 5.74) is -3.37. The third kappa shape index (κ3) is 5.81. The molecule has 0 bridgehead atoms. The number of halogens is 5. The van der Waals surface area contributed by atoms with Crippen LogP contribution in [0.25, 0.3) is 21.7 Å². The molecule has 0 aliphatic heterocycles. The van der Waals surface area contributed by atoms with E-state index in [1.54, 1.807) is 18.4 Å². The van der Waals surface area contributed by atoms with Crippen LogP contribution in [0.3, 0.4) is 0 Å². The minimum absolute atomic E-state index is 0.0773. The lowest BCUT2D eigenvalue weighted by molar-refractivity contribution is -0.242. The molecule has 2 aromatic carbocycles. The van der Waals surface area contributed by atoms with Gasteiger partial charge in [0.15, 0.2) is 0 Å². The summed E-state index contributed by atoms with van der Waals surface area (Å²) in [7, 11) is 0. The summed E-state index contributed by atoms with van der Waals surface area (Å²) < 4.78 is 75.6. The first-order chi connectivity index (χ1) is 18.9. The van der Waals surface area contributed by atoms with E-state index in [0.717, 1.165) is 28.0 Å². The minimum atomic E-state index is -5.04. The zero-order valence-electron chi connectivity index (χ0n) is 20.4. The normalized spacial score (nSPS) is 11.2. The number of hydrogen-bond donors (Lipinski definition) is 1. The molecule has 0 radical (unpaired) electrons. The molecule has 0 unspecified atom stereocenters.